The van der Waals surface area contributed by atoms with E-state index in [1.807, 2.05) is 0 Å². The molecule has 0 spiro atoms. The minimum Gasteiger partial charge on any atom is -0.0616 e. The van der Waals surface area contributed by atoms with Crippen molar-refractivity contribution in [3.63, 3.8) is 0 Å². The topological polar surface area (TPSA) is 0 Å². The van der Waals surface area contributed by atoms with Crippen LogP contribution in [-0.4, -0.2) is 0 Å². The molecule has 0 aliphatic heterocycles. The number of benzene rings is 3. The lowest BCUT2D eigenvalue weighted by molar-refractivity contribution is 1.34. The van der Waals surface area contributed by atoms with E-state index in [-0.39, 0.29) is 0 Å². The zero-order valence-electron chi connectivity index (χ0n) is 11.5. The second kappa shape index (κ2) is 3.84. The van der Waals surface area contributed by atoms with Gasteiger partial charge < -0.3 is 0 Å². The van der Waals surface area contributed by atoms with Crippen molar-refractivity contribution >= 4 is 21.5 Å². The summed E-state index contributed by atoms with van der Waals surface area (Å²) < 4.78 is 0. The van der Waals surface area contributed by atoms with E-state index in [0.717, 1.165) is 0 Å². The van der Waals surface area contributed by atoms with Crippen LogP contribution in [0.1, 0.15) is 22.3 Å². The van der Waals surface area contributed by atoms with E-state index in [2.05, 4.69) is 64.1 Å². The molecule has 0 fully saturated rings. The Bertz CT molecular complexity index is 764. The molecule has 0 unspecified atom stereocenters. The Labute approximate surface area is 108 Å². The lowest BCUT2D eigenvalue weighted by Crippen LogP contribution is -1.91. The summed E-state index contributed by atoms with van der Waals surface area (Å²) in [6.45, 7) is 8.85. The zero-order chi connectivity index (χ0) is 12.9. The van der Waals surface area contributed by atoms with Gasteiger partial charge in [0.2, 0.25) is 0 Å². The molecule has 3 aromatic rings. The first kappa shape index (κ1) is 11.3. The van der Waals surface area contributed by atoms with Gasteiger partial charge in [0.15, 0.2) is 0 Å². The van der Waals surface area contributed by atoms with Crippen LogP contribution in [0.5, 0.6) is 0 Å². The summed E-state index contributed by atoms with van der Waals surface area (Å²) >= 11 is 0. The number of aryl methyl sites for hydroxylation is 4. The third-order valence-electron chi connectivity index (χ3n) is 4.07. The third kappa shape index (κ3) is 1.45. The van der Waals surface area contributed by atoms with Gasteiger partial charge in [0, 0.05) is 0 Å². The third-order valence-corrected chi connectivity index (χ3v) is 4.07. The van der Waals surface area contributed by atoms with Crippen LogP contribution in [0.4, 0.5) is 0 Å². The van der Waals surface area contributed by atoms with Gasteiger partial charge in [-0.1, -0.05) is 36.4 Å². The molecule has 0 N–H and O–H groups in total. The van der Waals surface area contributed by atoms with Gasteiger partial charge in [-0.2, -0.15) is 0 Å². The smallest absolute Gasteiger partial charge is 0.00731 e. The summed E-state index contributed by atoms with van der Waals surface area (Å²) in [5.74, 6) is 0. The minimum atomic E-state index is 1.37. The molecule has 0 nitrogen and oxygen atoms in total. The van der Waals surface area contributed by atoms with E-state index in [1.54, 1.807) is 0 Å². The summed E-state index contributed by atoms with van der Waals surface area (Å²) in [6.07, 6.45) is 0. The highest BCUT2D eigenvalue weighted by Crippen LogP contribution is 2.33. The molecule has 0 heterocycles. The lowest BCUT2D eigenvalue weighted by Gasteiger charge is -2.14. The van der Waals surface area contributed by atoms with E-state index < -0.39 is 0 Å². The molecule has 3 aromatic carbocycles. The summed E-state index contributed by atoms with van der Waals surface area (Å²) in [4.78, 5) is 0. The van der Waals surface area contributed by atoms with Crippen molar-refractivity contribution in [3.8, 4) is 0 Å². The average Bonchev–Trinajstić information content (AvgIpc) is 2.36. The highest BCUT2D eigenvalue weighted by Gasteiger charge is 2.09. The standard InChI is InChI=1S/C18H18/c1-11-9-13(3)18-16-8-6-5-7-15(16)12(2)10-17(18)14(11)4/h5-10H,1-4H3. The number of rotatable bonds is 0. The first-order valence-corrected chi connectivity index (χ1v) is 6.48. The van der Waals surface area contributed by atoms with Crippen molar-refractivity contribution < 1.29 is 0 Å². The second-order valence-electron chi connectivity index (χ2n) is 5.30. The Morgan fingerprint density at radius 3 is 2.00 bits per heavy atom. The van der Waals surface area contributed by atoms with E-state index in [4.69, 9.17) is 0 Å². The van der Waals surface area contributed by atoms with Gasteiger partial charge in [0.05, 0.1) is 0 Å². The van der Waals surface area contributed by atoms with Gasteiger partial charge >= 0.3 is 0 Å². The van der Waals surface area contributed by atoms with Crippen LogP contribution < -0.4 is 0 Å². The van der Waals surface area contributed by atoms with Crippen molar-refractivity contribution in [2.45, 2.75) is 27.7 Å². The van der Waals surface area contributed by atoms with Crippen LogP contribution in [0.25, 0.3) is 21.5 Å². The van der Waals surface area contributed by atoms with Crippen molar-refractivity contribution in [3.05, 3.63) is 58.7 Å². The maximum absolute atomic E-state index is 2.34. The Morgan fingerprint density at radius 2 is 1.28 bits per heavy atom. The Hall–Kier alpha value is -1.82. The van der Waals surface area contributed by atoms with Crippen LogP contribution in [0.2, 0.25) is 0 Å². The predicted molar refractivity (Wildman–Crippen MR) is 80.4 cm³/mol. The normalized spacial score (nSPS) is 11.3. The van der Waals surface area contributed by atoms with Crippen molar-refractivity contribution in [1.29, 1.82) is 0 Å². The highest BCUT2D eigenvalue weighted by atomic mass is 14.1. The fourth-order valence-corrected chi connectivity index (χ4v) is 2.99. The first-order chi connectivity index (χ1) is 8.59. The molecule has 0 aliphatic carbocycles. The molecule has 0 radical (unpaired) electrons. The molecule has 0 saturated carbocycles. The summed E-state index contributed by atoms with van der Waals surface area (Å²) in [5.41, 5.74) is 5.54. The molecule has 0 amide bonds. The maximum Gasteiger partial charge on any atom is -0.00731 e. The predicted octanol–water partition coefficient (Wildman–Crippen LogP) is 5.23. The Balaban J connectivity index is 2.67. The largest absolute Gasteiger partial charge is 0.0616 e. The van der Waals surface area contributed by atoms with Gasteiger partial charge in [-0.05, 0) is 71.5 Å². The monoisotopic (exact) mass is 234 g/mol. The fraction of sp³-hybridized carbons (Fsp3) is 0.222. The first-order valence-electron chi connectivity index (χ1n) is 6.48. The molecule has 0 aromatic heterocycles. The molecule has 0 aliphatic rings. The van der Waals surface area contributed by atoms with E-state index in [9.17, 15) is 0 Å². The molecular weight excluding hydrogens is 216 g/mol. The van der Waals surface area contributed by atoms with Crippen LogP contribution in [0.15, 0.2) is 36.4 Å². The van der Waals surface area contributed by atoms with Crippen molar-refractivity contribution in [2.75, 3.05) is 0 Å². The Morgan fingerprint density at radius 1 is 0.611 bits per heavy atom. The molecule has 0 saturated heterocycles. The van der Waals surface area contributed by atoms with E-state index >= 15 is 0 Å². The van der Waals surface area contributed by atoms with Crippen LogP contribution >= 0.6 is 0 Å². The highest BCUT2D eigenvalue weighted by molar-refractivity contribution is 6.11. The second-order valence-corrected chi connectivity index (χ2v) is 5.30. The number of hydrogen-bond donors (Lipinski definition) is 0. The summed E-state index contributed by atoms with van der Waals surface area (Å²) in [5, 5.41) is 5.58. The average molecular weight is 234 g/mol. The fourth-order valence-electron chi connectivity index (χ4n) is 2.99. The van der Waals surface area contributed by atoms with E-state index in [0.29, 0.717) is 0 Å². The van der Waals surface area contributed by atoms with E-state index in [1.165, 1.54) is 43.8 Å². The summed E-state index contributed by atoms with van der Waals surface area (Å²) in [6, 6.07) is 13.4. The maximum atomic E-state index is 2.34. The van der Waals surface area contributed by atoms with Crippen LogP contribution in [0.3, 0.4) is 0 Å². The molecular formula is C18H18. The van der Waals surface area contributed by atoms with Gasteiger partial charge in [-0.3, -0.25) is 0 Å². The quantitative estimate of drug-likeness (QED) is 0.467. The van der Waals surface area contributed by atoms with Crippen molar-refractivity contribution in [2.24, 2.45) is 0 Å². The number of hydrogen-bond acceptors (Lipinski definition) is 0. The molecule has 3 rings (SSSR count). The molecule has 0 bridgehead atoms. The summed E-state index contributed by atoms with van der Waals surface area (Å²) in [7, 11) is 0. The minimum absolute atomic E-state index is 1.37. The van der Waals surface area contributed by atoms with Gasteiger partial charge in [-0.25, -0.2) is 0 Å². The Kier molecular flexibility index (Phi) is 2.41. The SMILES string of the molecule is Cc1cc(C)c2c(cc(C)c3ccccc32)c1C. The van der Waals surface area contributed by atoms with Gasteiger partial charge in [0.1, 0.15) is 0 Å². The van der Waals surface area contributed by atoms with Crippen LogP contribution in [0, 0.1) is 27.7 Å². The molecule has 0 atom stereocenters. The van der Waals surface area contributed by atoms with Gasteiger partial charge in [0.25, 0.3) is 0 Å². The zero-order valence-corrected chi connectivity index (χ0v) is 11.5. The van der Waals surface area contributed by atoms with Crippen molar-refractivity contribution in [1.82, 2.24) is 0 Å². The molecule has 90 valence electrons. The van der Waals surface area contributed by atoms with Crippen LogP contribution in [-0.2, 0) is 0 Å². The van der Waals surface area contributed by atoms with Gasteiger partial charge in [-0.15, -0.1) is 0 Å². The number of fused-ring (bicyclic) bond motifs is 3. The molecule has 18 heavy (non-hydrogen) atoms. The lowest BCUT2D eigenvalue weighted by atomic mass is 9.90. The molecule has 0 heteroatoms.